The second-order valence-electron chi connectivity index (χ2n) is 4.74. The smallest absolute Gasteiger partial charge is 0.328 e. The van der Waals surface area contributed by atoms with Gasteiger partial charge in [0.05, 0.1) is 7.11 Å². The Balaban J connectivity index is 2.90. The average molecular weight is 328 g/mol. The fraction of sp³-hybridized carbons (Fsp3) is 0.429. The minimum Gasteiger partial charge on any atom is -0.467 e. The van der Waals surface area contributed by atoms with Gasteiger partial charge in [-0.25, -0.2) is 4.79 Å². The zero-order valence-corrected chi connectivity index (χ0v) is 13.1. The van der Waals surface area contributed by atoms with E-state index in [4.69, 9.17) is 4.74 Å². The third-order valence-corrected chi connectivity index (χ3v) is 3.17. The highest BCUT2D eigenvalue weighted by atomic mass is 79.9. The standard InChI is InChI=1S/C14H18BrNO3/c1-8(2)12(14(18)19-4)16-13(17)10-5-9(3)6-11(15)7-10/h5-8,12H,1-4H3,(H,16,17). The first-order chi connectivity index (χ1) is 8.85. The van der Waals surface area contributed by atoms with Gasteiger partial charge in [-0.1, -0.05) is 29.8 Å². The van der Waals surface area contributed by atoms with Gasteiger partial charge in [0.15, 0.2) is 0 Å². The van der Waals surface area contributed by atoms with Crippen molar-refractivity contribution in [1.82, 2.24) is 5.32 Å². The van der Waals surface area contributed by atoms with Crippen molar-refractivity contribution in [3.05, 3.63) is 33.8 Å². The molecule has 1 atom stereocenters. The van der Waals surface area contributed by atoms with Crippen LogP contribution in [0.1, 0.15) is 29.8 Å². The van der Waals surface area contributed by atoms with Crippen LogP contribution >= 0.6 is 15.9 Å². The number of ether oxygens (including phenoxy) is 1. The fourth-order valence-corrected chi connectivity index (χ4v) is 2.32. The Hall–Kier alpha value is -1.36. The number of hydrogen-bond donors (Lipinski definition) is 1. The van der Waals surface area contributed by atoms with E-state index >= 15 is 0 Å². The van der Waals surface area contributed by atoms with Crippen LogP contribution in [0.3, 0.4) is 0 Å². The molecule has 4 nitrogen and oxygen atoms in total. The summed E-state index contributed by atoms with van der Waals surface area (Å²) in [4.78, 5) is 23.8. The Morgan fingerprint density at radius 1 is 1.26 bits per heavy atom. The van der Waals surface area contributed by atoms with Gasteiger partial charge in [0.25, 0.3) is 5.91 Å². The van der Waals surface area contributed by atoms with Crippen LogP contribution in [0.5, 0.6) is 0 Å². The summed E-state index contributed by atoms with van der Waals surface area (Å²) in [7, 11) is 1.31. The minimum atomic E-state index is -0.642. The van der Waals surface area contributed by atoms with Crippen LogP contribution in [0.25, 0.3) is 0 Å². The van der Waals surface area contributed by atoms with E-state index in [-0.39, 0.29) is 11.8 Å². The molecule has 0 bridgehead atoms. The predicted octanol–water partition coefficient (Wildman–Crippen LogP) is 2.68. The second kappa shape index (κ2) is 6.70. The maximum atomic E-state index is 12.1. The third kappa shape index (κ3) is 4.35. The van der Waals surface area contributed by atoms with Gasteiger partial charge < -0.3 is 10.1 Å². The van der Waals surface area contributed by atoms with Crippen LogP contribution in [0, 0.1) is 12.8 Å². The summed E-state index contributed by atoms with van der Waals surface area (Å²) in [6, 6.07) is 4.76. The van der Waals surface area contributed by atoms with Crippen LogP contribution < -0.4 is 5.32 Å². The van der Waals surface area contributed by atoms with Crippen LogP contribution in [0.2, 0.25) is 0 Å². The first kappa shape index (κ1) is 15.7. The number of nitrogens with one attached hydrogen (secondary N) is 1. The van der Waals surface area contributed by atoms with E-state index in [9.17, 15) is 9.59 Å². The number of carbonyl (C=O) groups excluding carboxylic acids is 2. The number of esters is 1. The highest BCUT2D eigenvalue weighted by molar-refractivity contribution is 9.10. The second-order valence-corrected chi connectivity index (χ2v) is 5.65. The van der Waals surface area contributed by atoms with E-state index in [1.165, 1.54) is 7.11 Å². The van der Waals surface area contributed by atoms with Gasteiger partial charge >= 0.3 is 5.97 Å². The Kier molecular flexibility index (Phi) is 5.54. The highest BCUT2D eigenvalue weighted by Crippen LogP contribution is 2.16. The summed E-state index contributed by atoms with van der Waals surface area (Å²) < 4.78 is 5.53. The fourth-order valence-electron chi connectivity index (χ4n) is 1.72. The third-order valence-electron chi connectivity index (χ3n) is 2.71. The summed E-state index contributed by atoms with van der Waals surface area (Å²) in [6.45, 7) is 5.61. The van der Waals surface area contributed by atoms with E-state index in [2.05, 4.69) is 21.2 Å². The van der Waals surface area contributed by atoms with E-state index in [1.807, 2.05) is 26.8 Å². The van der Waals surface area contributed by atoms with Crippen molar-refractivity contribution in [2.45, 2.75) is 26.8 Å². The van der Waals surface area contributed by atoms with Crippen LogP contribution in [-0.4, -0.2) is 25.0 Å². The molecule has 19 heavy (non-hydrogen) atoms. The largest absolute Gasteiger partial charge is 0.467 e. The van der Waals surface area contributed by atoms with Crippen molar-refractivity contribution in [2.24, 2.45) is 5.92 Å². The molecule has 0 aliphatic carbocycles. The SMILES string of the molecule is COC(=O)C(NC(=O)c1cc(C)cc(Br)c1)C(C)C. The van der Waals surface area contributed by atoms with Gasteiger partial charge in [-0.3, -0.25) is 4.79 Å². The Morgan fingerprint density at radius 3 is 2.37 bits per heavy atom. The maximum Gasteiger partial charge on any atom is 0.328 e. The molecule has 0 aliphatic rings. The number of carbonyl (C=O) groups is 2. The number of amides is 1. The zero-order valence-electron chi connectivity index (χ0n) is 11.5. The molecule has 0 fully saturated rings. The molecule has 0 radical (unpaired) electrons. The van der Waals surface area contributed by atoms with Gasteiger partial charge in [0.1, 0.15) is 6.04 Å². The molecular formula is C14H18BrNO3. The van der Waals surface area contributed by atoms with E-state index in [0.717, 1.165) is 10.0 Å². The molecule has 1 amide bonds. The Labute approximate surface area is 121 Å². The molecule has 5 heteroatoms. The van der Waals surface area contributed by atoms with Crippen molar-refractivity contribution in [3.63, 3.8) is 0 Å². The molecular weight excluding hydrogens is 310 g/mol. The van der Waals surface area contributed by atoms with Gasteiger partial charge in [0.2, 0.25) is 0 Å². The van der Waals surface area contributed by atoms with Crippen LogP contribution in [-0.2, 0) is 9.53 Å². The average Bonchev–Trinajstić information content (AvgIpc) is 2.33. The monoisotopic (exact) mass is 327 g/mol. The van der Waals surface area contributed by atoms with Gasteiger partial charge in [-0.2, -0.15) is 0 Å². The quantitative estimate of drug-likeness (QED) is 0.865. The van der Waals surface area contributed by atoms with Gasteiger partial charge in [0, 0.05) is 10.0 Å². The highest BCUT2D eigenvalue weighted by Gasteiger charge is 2.25. The molecule has 0 aliphatic heterocycles. The molecule has 0 aromatic heterocycles. The Morgan fingerprint density at radius 2 is 1.89 bits per heavy atom. The van der Waals surface area contributed by atoms with Gasteiger partial charge in [-0.15, -0.1) is 0 Å². The summed E-state index contributed by atoms with van der Waals surface area (Å²) in [6.07, 6.45) is 0. The minimum absolute atomic E-state index is 0.0374. The maximum absolute atomic E-state index is 12.1. The number of benzene rings is 1. The van der Waals surface area contributed by atoms with E-state index < -0.39 is 12.0 Å². The lowest BCUT2D eigenvalue weighted by Crippen LogP contribution is -2.45. The van der Waals surface area contributed by atoms with E-state index in [1.54, 1.807) is 12.1 Å². The number of halogens is 1. The topological polar surface area (TPSA) is 55.4 Å². The molecule has 0 saturated heterocycles. The first-order valence-corrected chi connectivity index (χ1v) is 6.80. The van der Waals surface area contributed by atoms with Gasteiger partial charge in [-0.05, 0) is 36.6 Å². The predicted molar refractivity (Wildman–Crippen MR) is 77.0 cm³/mol. The summed E-state index contributed by atoms with van der Waals surface area (Å²) in [5.74, 6) is -0.756. The van der Waals surface area contributed by atoms with Crippen LogP contribution in [0.15, 0.2) is 22.7 Å². The molecule has 0 heterocycles. The lowest BCUT2D eigenvalue weighted by Gasteiger charge is -2.20. The number of methoxy groups -OCH3 is 1. The number of rotatable bonds is 4. The number of aryl methyl sites for hydroxylation is 1. The molecule has 0 spiro atoms. The van der Waals surface area contributed by atoms with Crippen molar-refractivity contribution >= 4 is 27.8 Å². The molecule has 1 aromatic carbocycles. The zero-order chi connectivity index (χ0) is 14.6. The van der Waals surface area contributed by atoms with Crippen LogP contribution in [0.4, 0.5) is 0 Å². The number of hydrogen-bond acceptors (Lipinski definition) is 3. The normalized spacial score (nSPS) is 12.1. The molecule has 1 aromatic rings. The lowest BCUT2D eigenvalue weighted by atomic mass is 10.0. The Bertz CT molecular complexity index is 465. The van der Waals surface area contributed by atoms with Crippen molar-refractivity contribution in [1.29, 1.82) is 0 Å². The first-order valence-electron chi connectivity index (χ1n) is 6.01. The lowest BCUT2D eigenvalue weighted by molar-refractivity contribution is -0.144. The molecule has 104 valence electrons. The molecule has 1 rings (SSSR count). The molecule has 1 unspecified atom stereocenters. The summed E-state index contributed by atoms with van der Waals surface area (Å²) in [5.41, 5.74) is 1.49. The summed E-state index contributed by atoms with van der Waals surface area (Å²) in [5, 5.41) is 2.70. The van der Waals surface area contributed by atoms with Crippen molar-refractivity contribution < 1.29 is 14.3 Å². The molecule has 0 saturated carbocycles. The molecule has 1 N–H and O–H groups in total. The van der Waals surface area contributed by atoms with Crippen molar-refractivity contribution in [3.8, 4) is 0 Å². The van der Waals surface area contributed by atoms with E-state index in [0.29, 0.717) is 5.56 Å². The van der Waals surface area contributed by atoms with Crippen molar-refractivity contribution in [2.75, 3.05) is 7.11 Å². The summed E-state index contributed by atoms with van der Waals surface area (Å²) >= 11 is 3.35.